The smallest absolute Gasteiger partial charge is 0.176 e. The summed E-state index contributed by atoms with van der Waals surface area (Å²) in [6, 6.07) is 17.5. The Morgan fingerprint density at radius 2 is 1.84 bits per heavy atom. The first-order valence-corrected chi connectivity index (χ1v) is 10.8. The summed E-state index contributed by atoms with van der Waals surface area (Å²) in [7, 11) is 0. The standard InChI is InChI=1S/C22H20Cl2N6S/c1-15-9-21(28-30(15)13-17-7-8-18(23)10-20(17)24)27-22(31)26-19-11-25-29(14-19)12-16-5-3-2-4-6-16/h2-11,14H,12-13H2,1H3,(H2,26,27,28,31). The van der Waals surface area contributed by atoms with Gasteiger partial charge in [0.15, 0.2) is 10.9 Å². The first-order valence-electron chi connectivity index (χ1n) is 9.59. The molecule has 31 heavy (non-hydrogen) atoms. The number of hydrogen-bond acceptors (Lipinski definition) is 3. The summed E-state index contributed by atoms with van der Waals surface area (Å²) in [6.45, 7) is 3.21. The van der Waals surface area contributed by atoms with Gasteiger partial charge in [-0.15, -0.1) is 0 Å². The number of halogens is 2. The Morgan fingerprint density at radius 1 is 1.03 bits per heavy atom. The van der Waals surface area contributed by atoms with E-state index in [4.69, 9.17) is 35.4 Å². The van der Waals surface area contributed by atoms with Crippen molar-refractivity contribution in [3.63, 3.8) is 0 Å². The Labute approximate surface area is 195 Å². The molecular formula is C22H20Cl2N6S. The van der Waals surface area contributed by atoms with Gasteiger partial charge in [0.05, 0.1) is 25.0 Å². The van der Waals surface area contributed by atoms with Crippen LogP contribution in [0.1, 0.15) is 16.8 Å². The lowest BCUT2D eigenvalue weighted by molar-refractivity contribution is 0.668. The van der Waals surface area contributed by atoms with Crippen LogP contribution in [0.5, 0.6) is 0 Å². The maximum atomic E-state index is 6.29. The van der Waals surface area contributed by atoms with Gasteiger partial charge in [0, 0.05) is 28.0 Å². The zero-order chi connectivity index (χ0) is 21.8. The van der Waals surface area contributed by atoms with E-state index in [-0.39, 0.29) is 0 Å². The van der Waals surface area contributed by atoms with Gasteiger partial charge in [0.2, 0.25) is 0 Å². The third kappa shape index (κ3) is 5.64. The van der Waals surface area contributed by atoms with Crippen molar-refractivity contribution in [3.8, 4) is 0 Å². The van der Waals surface area contributed by atoms with Crippen molar-refractivity contribution >= 4 is 52.0 Å². The van der Waals surface area contributed by atoms with Gasteiger partial charge in [0.25, 0.3) is 0 Å². The fraction of sp³-hybridized carbons (Fsp3) is 0.136. The lowest BCUT2D eigenvalue weighted by Crippen LogP contribution is -2.19. The fourth-order valence-electron chi connectivity index (χ4n) is 3.11. The minimum absolute atomic E-state index is 0.438. The van der Waals surface area contributed by atoms with E-state index in [9.17, 15) is 0 Å². The maximum absolute atomic E-state index is 6.29. The molecule has 158 valence electrons. The van der Waals surface area contributed by atoms with Crippen molar-refractivity contribution in [2.75, 3.05) is 10.6 Å². The number of hydrogen-bond donors (Lipinski definition) is 2. The Bertz CT molecular complexity index is 1200. The molecule has 9 heteroatoms. The van der Waals surface area contributed by atoms with Gasteiger partial charge in [-0.3, -0.25) is 9.36 Å². The van der Waals surface area contributed by atoms with Crippen LogP contribution < -0.4 is 10.6 Å². The van der Waals surface area contributed by atoms with Crippen LogP contribution in [0, 0.1) is 6.92 Å². The van der Waals surface area contributed by atoms with E-state index in [1.54, 1.807) is 12.3 Å². The van der Waals surface area contributed by atoms with E-state index < -0.39 is 0 Å². The normalized spacial score (nSPS) is 10.8. The molecule has 0 aliphatic heterocycles. The average Bonchev–Trinajstić information content (AvgIpc) is 3.30. The van der Waals surface area contributed by atoms with E-state index in [1.807, 2.05) is 58.9 Å². The van der Waals surface area contributed by atoms with Crippen molar-refractivity contribution in [1.29, 1.82) is 0 Å². The molecular weight excluding hydrogens is 451 g/mol. The molecule has 2 aromatic carbocycles. The number of nitrogens with zero attached hydrogens (tertiary/aromatic N) is 4. The van der Waals surface area contributed by atoms with Crippen molar-refractivity contribution in [1.82, 2.24) is 19.6 Å². The van der Waals surface area contributed by atoms with Crippen LogP contribution in [0.4, 0.5) is 11.5 Å². The van der Waals surface area contributed by atoms with Crippen LogP contribution in [0.2, 0.25) is 10.0 Å². The lowest BCUT2D eigenvalue weighted by Gasteiger charge is -2.08. The van der Waals surface area contributed by atoms with Gasteiger partial charge in [-0.25, -0.2) is 0 Å². The van der Waals surface area contributed by atoms with Crippen LogP contribution in [-0.4, -0.2) is 24.7 Å². The highest BCUT2D eigenvalue weighted by Gasteiger charge is 2.10. The molecule has 0 spiro atoms. The molecule has 2 N–H and O–H groups in total. The fourth-order valence-corrected chi connectivity index (χ4v) is 3.80. The van der Waals surface area contributed by atoms with Gasteiger partial charge < -0.3 is 10.6 Å². The molecule has 0 saturated heterocycles. The Hall–Kier alpha value is -2.87. The quantitative estimate of drug-likeness (QED) is 0.359. The Balaban J connectivity index is 1.36. The van der Waals surface area contributed by atoms with Gasteiger partial charge in [0.1, 0.15) is 0 Å². The van der Waals surface area contributed by atoms with Gasteiger partial charge in [-0.2, -0.15) is 10.2 Å². The molecule has 0 bridgehead atoms. The minimum Gasteiger partial charge on any atom is -0.330 e. The van der Waals surface area contributed by atoms with Crippen LogP contribution in [-0.2, 0) is 13.1 Å². The van der Waals surface area contributed by atoms with E-state index in [2.05, 4.69) is 33.0 Å². The summed E-state index contributed by atoms with van der Waals surface area (Å²) >= 11 is 17.7. The second kappa shape index (κ2) is 9.51. The molecule has 0 aliphatic rings. The molecule has 0 radical (unpaired) electrons. The summed E-state index contributed by atoms with van der Waals surface area (Å²) in [4.78, 5) is 0. The molecule has 0 unspecified atom stereocenters. The highest BCUT2D eigenvalue weighted by atomic mass is 35.5. The largest absolute Gasteiger partial charge is 0.330 e. The van der Waals surface area contributed by atoms with Crippen LogP contribution in [0.15, 0.2) is 67.0 Å². The number of nitrogens with one attached hydrogen (secondary N) is 2. The number of thiocarbonyl (C=S) groups is 1. The molecule has 0 atom stereocenters. The Morgan fingerprint density at radius 3 is 2.61 bits per heavy atom. The van der Waals surface area contributed by atoms with E-state index in [1.165, 1.54) is 5.56 Å². The zero-order valence-electron chi connectivity index (χ0n) is 16.7. The minimum atomic E-state index is 0.438. The molecule has 2 aromatic heterocycles. The Kier molecular flexibility index (Phi) is 6.56. The second-order valence-electron chi connectivity index (χ2n) is 7.06. The summed E-state index contributed by atoms with van der Waals surface area (Å²) in [5.41, 5.74) is 3.90. The van der Waals surface area contributed by atoms with Gasteiger partial charge in [-0.05, 0) is 42.4 Å². The molecule has 4 rings (SSSR count). The lowest BCUT2D eigenvalue weighted by atomic mass is 10.2. The summed E-state index contributed by atoms with van der Waals surface area (Å²) in [6.07, 6.45) is 3.65. The first kappa shape index (κ1) is 21.4. The van der Waals surface area contributed by atoms with E-state index >= 15 is 0 Å². The highest BCUT2D eigenvalue weighted by Crippen LogP contribution is 2.22. The van der Waals surface area contributed by atoms with Crippen LogP contribution >= 0.6 is 35.4 Å². The van der Waals surface area contributed by atoms with Crippen molar-refractivity contribution in [2.24, 2.45) is 0 Å². The summed E-state index contributed by atoms with van der Waals surface area (Å²) < 4.78 is 3.72. The second-order valence-corrected chi connectivity index (χ2v) is 8.31. The molecule has 0 amide bonds. The molecule has 4 aromatic rings. The van der Waals surface area contributed by atoms with Crippen molar-refractivity contribution in [3.05, 3.63) is 93.9 Å². The van der Waals surface area contributed by atoms with Gasteiger partial charge in [-0.1, -0.05) is 59.6 Å². The summed E-state index contributed by atoms with van der Waals surface area (Å²) in [5.74, 6) is 0.650. The van der Waals surface area contributed by atoms with Gasteiger partial charge >= 0.3 is 0 Å². The van der Waals surface area contributed by atoms with E-state index in [0.29, 0.717) is 34.1 Å². The molecule has 0 fully saturated rings. The predicted molar refractivity (Wildman–Crippen MR) is 130 cm³/mol. The highest BCUT2D eigenvalue weighted by molar-refractivity contribution is 7.80. The maximum Gasteiger partial charge on any atom is 0.176 e. The molecule has 0 aliphatic carbocycles. The number of benzene rings is 2. The number of anilines is 2. The topological polar surface area (TPSA) is 59.7 Å². The first-order chi connectivity index (χ1) is 15.0. The SMILES string of the molecule is Cc1cc(NC(=S)Nc2cnn(Cc3ccccc3)c2)nn1Cc1ccc(Cl)cc1Cl. The number of aromatic nitrogens is 4. The van der Waals surface area contributed by atoms with Crippen LogP contribution in [0.3, 0.4) is 0 Å². The third-order valence-electron chi connectivity index (χ3n) is 4.64. The van der Waals surface area contributed by atoms with E-state index in [0.717, 1.165) is 16.9 Å². The molecule has 0 saturated carbocycles. The van der Waals surface area contributed by atoms with Crippen molar-refractivity contribution < 1.29 is 0 Å². The monoisotopic (exact) mass is 470 g/mol. The number of rotatable bonds is 6. The molecule has 2 heterocycles. The number of aryl methyl sites for hydroxylation is 1. The average molecular weight is 471 g/mol. The van der Waals surface area contributed by atoms with Crippen LogP contribution in [0.25, 0.3) is 0 Å². The van der Waals surface area contributed by atoms with Crippen molar-refractivity contribution in [2.45, 2.75) is 20.0 Å². The third-order valence-corrected chi connectivity index (χ3v) is 5.43. The summed E-state index contributed by atoms with van der Waals surface area (Å²) in [5, 5.41) is 16.9. The predicted octanol–water partition coefficient (Wildman–Crippen LogP) is 5.60. The zero-order valence-corrected chi connectivity index (χ0v) is 19.0. The molecule has 6 nitrogen and oxygen atoms in total.